The van der Waals surface area contributed by atoms with Gasteiger partial charge in [0.25, 0.3) is 0 Å². The zero-order chi connectivity index (χ0) is 14.5. The number of nitrogens with one attached hydrogen (secondary N) is 1. The van der Waals surface area contributed by atoms with Gasteiger partial charge < -0.3 is 15.2 Å². The van der Waals surface area contributed by atoms with Gasteiger partial charge in [-0.3, -0.25) is 9.69 Å². The van der Waals surface area contributed by atoms with E-state index in [-0.39, 0.29) is 25.5 Å². The Morgan fingerprint density at radius 1 is 1.40 bits per heavy atom. The number of aliphatic hydroxyl groups is 1. The Bertz CT molecular complexity index is 477. The molecule has 1 heterocycles. The fraction of sp³-hybridized carbons (Fsp3) is 0.429. The van der Waals surface area contributed by atoms with Crippen LogP contribution in [0.25, 0.3) is 0 Å². The van der Waals surface area contributed by atoms with Crippen LogP contribution in [0.5, 0.6) is 0 Å². The van der Waals surface area contributed by atoms with Crippen molar-refractivity contribution in [1.29, 1.82) is 0 Å². The van der Waals surface area contributed by atoms with Crippen molar-refractivity contribution < 1.29 is 19.4 Å². The summed E-state index contributed by atoms with van der Waals surface area (Å²) >= 11 is 0. The lowest BCUT2D eigenvalue weighted by Gasteiger charge is -2.22. The summed E-state index contributed by atoms with van der Waals surface area (Å²) in [7, 11) is 1.50. The Kier molecular flexibility index (Phi) is 4.57. The van der Waals surface area contributed by atoms with Gasteiger partial charge in [-0.05, 0) is 5.56 Å². The molecular formula is C14H18N2O4. The van der Waals surface area contributed by atoms with E-state index in [1.165, 1.54) is 11.9 Å². The molecule has 0 aromatic heterocycles. The van der Waals surface area contributed by atoms with Gasteiger partial charge in [0.2, 0.25) is 5.91 Å². The molecule has 0 bridgehead atoms. The minimum absolute atomic E-state index is 0.117. The van der Waals surface area contributed by atoms with Gasteiger partial charge >= 0.3 is 6.09 Å². The molecule has 108 valence electrons. The lowest BCUT2D eigenvalue weighted by Crippen LogP contribution is -2.45. The maximum Gasteiger partial charge on any atom is 0.410 e. The van der Waals surface area contributed by atoms with Crippen LogP contribution < -0.4 is 5.32 Å². The van der Waals surface area contributed by atoms with E-state index in [9.17, 15) is 14.7 Å². The van der Waals surface area contributed by atoms with Crippen LogP contribution in [0.1, 0.15) is 12.0 Å². The van der Waals surface area contributed by atoms with Crippen molar-refractivity contribution >= 4 is 12.0 Å². The summed E-state index contributed by atoms with van der Waals surface area (Å²) in [5, 5.41) is 12.1. The molecule has 2 amide bonds. The molecule has 0 unspecified atom stereocenters. The summed E-state index contributed by atoms with van der Waals surface area (Å²) in [6.07, 6.45) is -1.04. The summed E-state index contributed by atoms with van der Waals surface area (Å²) in [5.41, 5.74) is 0.872. The minimum atomic E-state index is -0.693. The molecule has 6 nitrogen and oxygen atoms in total. The number of carbonyl (C=O) groups is 2. The highest BCUT2D eigenvalue weighted by Crippen LogP contribution is 2.19. The maximum absolute atomic E-state index is 12.0. The Morgan fingerprint density at radius 3 is 2.75 bits per heavy atom. The molecule has 0 saturated carbocycles. The number of aliphatic hydroxyl groups excluding tert-OH is 1. The van der Waals surface area contributed by atoms with E-state index in [1.807, 2.05) is 30.3 Å². The molecule has 1 fully saturated rings. The first-order valence-corrected chi connectivity index (χ1v) is 6.48. The Hall–Kier alpha value is -2.08. The van der Waals surface area contributed by atoms with Crippen molar-refractivity contribution in [2.45, 2.75) is 25.2 Å². The number of ether oxygens (including phenoxy) is 1. The standard InChI is InChI=1S/C14H18N2O4/c1-15-13(18)12-7-11(17)8-16(12)14(19)20-9-10-5-3-2-4-6-10/h2-6,11-12,17H,7-9H2,1H3,(H,15,18)/t11-,12+/m0/s1. The highest BCUT2D eigenvalue weighted by molar-refractivity contribution is 5.86. The lowest BCUT2D eigenvalue weighted by atomic mass is 10.2. The van der Waals surface area contributed by atoms with Crippen LogP contribution in [0.2, 0.25) is 0 Å². The average Bonchev–Trinajstić information content (AvgIpc) is 2.87. The minimum Gasteiger partial charge on any atom is -0.445 e. The second-order valence-corrected chi connectivity index (χ2v) is 4.71. The Morgan fingerprint density at radius 2 is 2.10 bits per heavy atom. The molecule has 1 aromatic carbocycles. The van der Waals surface area contributed by atoms with Gasteiger partial charge in [0.05, 0.1) is 12.6 Å². The first kappa shape index (κ1) is 14.3. The highest BCUT2D eigenvalue weighted by Gasteiger charge is 2.39. The third kappa shape index (κ3) is 3.27. The average molecular weight is 278 g/mol. The van der Waals surface area contributed by atoms with Crippen LogP contribution in [-0.2, 0) is 16.1 Å². The van der Waals surface area contributed by atoms with E-state index in [2.05, 4.69) is 5.32 Å². The fourth-order valence-corrected chi connectivity index (χ4v) is 2.23. The van der Waals surface area contributed by atoms with Crippen molar-refractivity contribution in [2.75, 3.05) is 13.6 Å². The zero-order valence-corrected chi connectivity index (χ0v) is 11.3. The van der Waals surface area contributed by atoms with Crippen LogP contribution in [0.15, 0.2) is 30.3 Å². The molecule has 1 saturated heterocycles. The van der Waals surface area contributed by atoms with Crippen molar-refractivity contribution in [2.24, 2.45) is 0 Å². The number of likely N-dealkylation sites (N-methyl/N-ethyl adjacent to an activating group) is 1. The summed E-state index contributed by atoms with van der Waals surface area (Å²) in [6, 6.07) is 8.62. The molecule has 1 aliphatic heterocycles. The molecule has 6 heteroatoms. The van der Waals surface area contributed by atoms with Crippen LogP contribution in [0.3, 0.4) is 0 Å². The number of hydrogen-bond donors (Lipinski definition) is 2. The van der Waals surface area contributed by atoms with Crippen LogP contribution in [-0.4, -0.2) is 47.7 Å². The first-order valence-electron chi connectivity index (χ1n) is 6.48. The van der Waals surface area contributed by atoms with E-state index in [0.29, 0.717) is 0 Å². The number of amides is 2. The number of carbonyl (C=O) groups excluding carboxylic acids is 2. The second-order valence-electron chi connectivity index (χ2n) is 4.71. The third-order valence-electron chi connectivity index (χ3n) is 3.27. The molecule has 1 aromatic rings. The van der Waals surface area contributed by atoms with E-state index in [0.717, 1.165) is 5.56 Å². The van der Waals surface area contributed by atoms with Gasteiger partial charge in [0.1, 0.15) is 12.6 Å². The number of benzene rings is 1. The smallest absolute Gasteiger partial charge is 0.410 e. The largest absolute Gasteiger partial charge is 0.445 e. The molecule has 20 heavy (non-hydrogen) atoms. The van der Waals surface area contributed by atoms with Gasteiger partial charge in [-0.2, -0.15) is 0 Å². The van der Waals surface area contributed by atoms with Crippen LogP contribution in [0, 0.1) is 0 Å². The predicted octanol–water partition coefficient (Wildman–Crippen LogP) is 0.504. The van der Waals surface area contributed by atoms with Crippen molar-refractivity contribution in [3.63, 3.8) is 0 Å². The summed E-state index contributed by atoms with van der Waals surface area (Å²) in [6.45, 7) is 0.262. The fourth-order valence-electron chi connectivity index (χ4n) is 2.23. The van der Waals surface area contributed by atoms with Gasteiger partial charge in [-0.25, -0.2) is 4.79 Å². The SMILES string of the molecule is CNC(=O)[C@H]1C[C@H](O)CN1C(=O)OCc1ccccc1. The Labute approximate surface area is 117 Å². The van der Waals surface area contributed by atoms with E-state index < -0.39 is 18.2 Å². The number of likely N-dealkylation sites (tertiary alicyclic amines) is 1. The molecule has 2 atom stereocenters. The van der Waals surface area contributed by atoms with Gasteiger partial charge in [-0.1, -0.05) is 30.3 Å². The molecule has 0 aliphatic carbocycles. The number of hydrogen-bond acceptors (Lipinski definition) is 4. The quantitative estimate of drug-likeness (QED) is 0.844. The number of β-amino-alcohol motifs (C(OH)–C–C–N with tert-alkyl or cyclic N) is 1. The Balaban J connectivity index is 1.95. The second kappa shape index (κ2) is 6.38. The molecule has 0 radical (unpaired) electrons. The van der Waals surface area contributed by atoms with Crippen molar-refractivity contribution in [3.8, 4) is 0 Å². The summed E-state index contributed by atoms with van der Waals surface area (Å²) in [4.78, 5) is 25.0. The lowest BCUT2D eigenvalue weighted by molar-refractivity contribution is -0.124. The predicted molar refractivity (Wildman–Crippen MR) is 71.8 cm³/mol. The highest BCUT2D eigenvalue weighted by atomic mass is 16.6. The van der Waals surface area contributed by atoms with Crippen molar-refractivity contribution in [3.05, 3.63) is 35.9 Å². The summed E-state index contributed by atoms with van der Waals surface area (Å²) < 4.78 is 5.18. The van der Waals surface area contributed by atoms with Gasteiger partial charge in [0, 0.05) is 13.5 Å². The molecule has 2 N–H and O–H groups in total. The first-order chi connectivity index (χ1) is 9.61. The summed E-state index contributed by atoms with van der Waals surface area (Å²) in [5.74, 6) is -0.293. The van der Waals surface area contributed by atoms with E-state index in [1.54, 1.807) is 0 Å². The normalized spacial score (nSPS) is 21.6. The van der Waals surface area contributed by atoms with Crippen LogP contribution in [0.4, 0.5) is 4.79 Å². The molecule has 1 aliphatic rings. The number of rotatable bonds is 3. The van der Waals surface area contributed by atoms with E-state index in [4.69, 9.17) is 4.74 Å². The topological polar surface area (TPSA) is 78.9 Å². The van der Waals surface area contributed by atoms with Gasteiger partial charge in [-0.15, -0.1) is 0 Å². The van der Waals surface area contributed by atoms with Crippen molar-refractivity contribution in [1.82, 2.24) is 10.2 Å². The zero-order valence-electron chi connectivity index (χ0n) is 11.3. The molecule has 0 spiro atoms. The maximum atomic E-state index is 12.0. The molecule has 2 rings (SSSR count). The monoisotopic (exact) mass is 278 g/mol. The van der Waals surface area contributed by atoms with E-state index >= 15 is 0 Å². The third-order valence-corrected chi connectivity index (χ3v) is 3.27. The molecular weight excluding hydrogens is 260 g/mol. The number of nitrogens with zero attached hydrogens (tertiary/aromatic N) is 1. The van der Waals surface area contributed by atoms with Gasteiger partial charge in [0.15, 0.2) is 0 Å². The van der Waals surface area contributed by atoms with Crippen LogP contribution >= 0.6 is 0 Å².